The van der Waals surface area contributed by atoms with Crippen molar-refractivity contribution in [2.75, 3.05) is 0 Å². The van der Waals surface area contributed by atoms with Crippen molar-refractivity contribution in [2.45, 2.75) is 5.33 Å². The maximum absolute atomic E-state index is 4.03. The first-order chi connectivity index (χ1) is 5.92. The van der Waals surface area contributed by atoms with Gasteiger partial charge in [-0.15, -0.1) is 0 Å². The molecule has 0 saturated carbocycles. The van der Waals surface area contributed by atoms with Crippen LogP contribution in [0, 0.1) is 0 Å². The molecule has 0 atom stereocenters. The molecule has 0 N–H and O–H groups in total. The Hall–Kier alpha value is -0.960. The fraction of sp³-hybridized carbons (Fsp3) is 0.111. The normalized spacial score (nSPS) is 10.4. The predicted octanol–water partition coefficient (Wildman–Crippen LogP) is 2.52. The third kappa shape index (κ3) is 1.20. The maximum Gasteiger partial charge on any atom is 0.0814 e. The highest BCUT2D eigenvalue weighted by atomic mass is 79.9. The molecule has 2 nitrogen and oxygen atoms in total. The van der Waals surface area contributed by atoms with Crippen LogP contribution in [0.3, 0.4) is 0 Å². The summed E-state index contributed by atoms with van der Waals surface area (Å²) in [6, 6.07) is 8.11. The van der Waals surface area contributed by atoms with Crippen molar-refractivity contribution in [3.05, 3.63) is 36.2 Å². The monoisotopic (exact) mass is 222 g/mol. The van der Waals surface area contributed by atoms with Crippen LogP contribution in [-0.2, 0) is 5.33 Å². The zero-order valence-electron chi connectivity index (χ0n) is 6.37. The summed E-state index contributed by atoms with van der Waals surface area (Å²) in [7, 11) is 0. The van der Waals surface area contributed by atoms with E-state index in [1.807, 2.05) is 18.2 Å². The number of nitrogens with zero attached hydrogens (tertiary/aromatic N) is 2. The zero-order chi connectivity index (χ0) is 8.39. The molecule has 0 saturated heterocycles. The first-order valence-corrected chi connectivity index (χ1v) is 4.79. The number of hydrogen-bond acceptors (Lipinski definition) is 2. The van der Waals surface area contributed by atoms with Gasteiger partial charge in [-0.05, 0) is 0 Å². The average molecular weight is 223 g/mol. The van der Waals surface area contributed by atoms with Crippen molar-refractivity contribution in [1.29, 1.82) is 0 Å². The molecule has 3 heteroatoms. The fourth-order valence-electron chi connectivity index (χ4n) is 1.19. The molecule has 12 heavy (non-hydrogen) atoms. The van der Waals surface area contributed by atoms with Crippen molar-refractivity contribution in [1.82, 2.24) is 10.2 Å². The van der Waals surface area contributed by atoms with Crippen LogP contribution in [0.5, 0.6) is 0 Å². The predicted molar refractivity (Wildman–Crippen MR) is 52.2 cm³/mol. The van der Waals surface area contributed by atoms with Crippen molar-refractivity contribution in [3.8, 4) is 0 Å². The van der Waals surface area contributed by atoms with Crippen molar-refractivity contribution < 1.29 is 0 Å². The first-order valence-electron chi connectivity index (χ1n) is 3.67. The van der Waals surface area contributed by atoms with Crippen LogP contribution >= 0.6 is 15.9 Å². The molecule has 0 radical (unpaired) electrons. The summed E-state index contributed by atoms with van der Waals surface area (Å²) in [4.78, 5) is 0. The molecule has 0 amide bonds. The van der Waals surface area contributed by atoms with E-state index in [9.17, 15) is 0 Å². The van der Waals surface area contributed by atoms with E-state index in [0.29, 0.717) is 0 Å². The van der Waals surface area contributed by atoms with Crippen LogP contribution in [0.15, 0.2) is 30.5 Å². The van der Waals surface area contributed by atoms with Gasteiger partial charge < -0.3 is 0 Å². The molecule has 1 aromatic heterocycles. The maximum atomic E-state index is 4.03. The van der Waals surface area contributed by atoms with Gasteiger partial charge in [-0.25, -0.2) is 0 Å². The molecule has 0 aliphatic carbocycles. The average Bonchev–Trinajstić information content (AvgIpc) is 2.17. The molecule has 0 unspecified atom stereocenters. The Morgan fingerprint density at radius 2 is 2.08 bits per heavy atom. The minimum absolute atomic E-state index is 0.751. The Morgan fingerprint density at radius 3 is 2.92 bits per heavy atom. The summed E-state index contributed by atoms with van der Waals surface area (Å²) in [6.07, 6.45) is 1.78. The van der Waals surface area contributed by atoms with E-state index in [-0.39, 0.29) is 0 Å². The zero-order valence-corrected chi connectivity index (χ0v) is 7.95. The van der Waals surface area contributed by atoms with Crippen LogP contribution in [0.1, 0.15) is 5.69 Å². The van der Waals surface area contributed by atoms with E-state index >= 15 is 0 Å². The molecule has 1 heterocycles. The summed E-state index contributed by atoms with van der Waals surface area (Å²) >= 11 is 3.38. The van der Waals surface area contributed by atoms with Crippen LogP contribution in [0.2, 0.25) is 0 Å². The number of benzene rings is 1. The smallest absolute Gasteiger partial charge is 0.0814 e. The largest absolute Gasteiger partial charge is 0.158 e. The van der Waals surface area contributed by atoms with Gasteiger partial charge in [0.25, 0.3) is 0 Å². The number of rotatable bonds is 1. The summed E-state index contributed by atoms with van der Waals surface area (Å²) in [5, 5.41) is 11.0. The van der Waals surface area contributed by atoms with Crippen molar-refractivity contribution in [2.24, 2.45) is 0 Å². The van der Waals surface area contributed by atoms with Gasteiger partial charge in [0.05, 0.1) is 11.9 Å². The lowest BCUT2D eigenvalue weighted by molar-refractivity contribution is 0.997. The van der Waals surface area contributed by atoms with E-state index in [1.165, 1.54) is 5.39 Å². The van der Waals surface area contributed by atoms with Gasteiger partial charge in [-0.2, -0.15) is 10.2 Å². The molecule has 2 rings (SSSR count). The molecule has 0 spiro atoms. The van der Waals surface area contributed by atoms with Crippen molar-refractivity contribution >= 4 is 26.7 Å². The molecule has 0 fully saturated rings. The Kier molecular flexibility index (Phi) is 2.04. The molecule has 0 bridgehead atoms. The second-order valence-corrected chi connectivity index (χ2v) is 3.07. The highest BCUT2D eigenvalue weighted by Gasteiger charge is 1.99. The third-order valence-corrected chi connectivity index (χ3v) is 2.30. The Morgan fingerprint density at radius 1 is 1.25 bits per heavy atom. The number of fused-ring (bicyclic) bond motifs is 1. The summed E-state index contributed by atoms with van der Waals surface area (Å²) in [5.41, 5.74) is 0.994. The van der Waals surface area contributed by atoms with E-state index in [2.05, 4.69) is 32.2 Å². The molecular weight excluding hydrogens is 216 g/mol. The number of hydrogen-bond donors (Lipinski definition) is 0. The highest BCUT2D eigenvalue weighted by molar-refractivity contribution is 9.08. The number of halogens is 1. The molecule has 60 valence electrons. The molecule has 1 aromatic carbocycles. The Labute approximate surface area is 78.8 Å². The SMILES string of the molecule is BrCc1nncc2ccccc12. The number of alkyl halides is 1. The van der Waals surface area contributed by atoms with Gasteiger partial charge >= 0.3 is 0 Å². The fourth-order valence-corrected chi connectivity index (χ4v) is 1.60. The summed E-state index contributed by atoms with van der Waals surface area (Å²) < 4.78 is 0. The van der Waals surface area contributed by atoms with E-state index < -0.39 is 0 Å². The van der Waals surface area contributed by atoms with E-state index in [1.54, 1.807) is 6.20 Å². The van der Waals surface area contributed by atoms with Gasteiger partial charge in [0, 0.05) is 16.1 Å². The lowest BCUT2D eigenvalue weighted by atomic mass is 10.1. The van der Waals surface area contributed by atoms with Gasteiger partial charge in [0.15, 0.2) is 0 Å². The molecular formula is C9H7BrN2. The van der Waals surface area contributed by atoms with Crippen LogP contribution < -0.4 is 0 Å². The Bertz CT molecular complexity index is 395. The molecule has 0 aliphatic heterocycles. The van der Waals surface area contributed by atoms with E-state index in [0.717, 1.165) is 16.4 Å². The minimum Gasteiger partial charge on any atom is -0.158 e. The standard InChI is InChI=1S/C9H7BrN2/c10-5-9-8-4-2-1-3-7(8)6-11-12-9/h1-4,6H,5H2. The van der Waals surface area contributed by atoms with Gasteiger partial charge in [0.2, 0.25) is 0 Å². The number of aromatic nitrogens is 2. The van der Waals surface area contributed by atoms with Crippen LogP contribution in [0.4, 0.5) is 0 Å². The highest BCUT2D eigenvalue weighted by Crippen LogP contribution is 2.16. The quantitative estimate of drug-likeness (QED) is 0.694. The molecule has 2 aromatic rings. The van der Waals surface area contributed by atoms with Crippen molar-refractivity contribution in [3.63, 3.8) is 0 Å². The lowest BCUT2D eigenvalue weighted by Crippen LogP contribution is -1.89. The molecule has 0 aliphatic rings. The topological polar surface area (TPSA) is 25.8 Å². The van der Waals surface area contributed by atoms with Gasteiger partial charge in [-0.1, -0.05) is 40.2 Å². The first kappa shape index (κ1) is 7.68. The van der Waals surface area contributed by atoms with Crippen LogP contribution in [0.25, 0.3) is 10.8 Å². The lowest BCUT2D eigenvalue weighted by Gasteiger charge is -1.99. The van der Waals surface area contributed by atoms with Gasteiger partial charge in [-0.3, -0.25) is 0 Å². The second kappa shape index (κ2) is 3.19. The van der Waals surface area contributed by atoms with Crippen LogP contribution in [-0.4, -0.2) is 10.2 Å². The second-order valence-electron chi connectivity index (χ2n) is 2.51. The third-order valence-electron chi connectivity index (χ3n) is 1.77. The summed E-state index contributed by atoms with van der Waals surface area (Å²) in [6.45, 7) is 0. The Balaban J connectivity index is 2.79. The summed E-state index contributed by atoms with van der Waals surface area (Å²) in [5.74, 6) is 0. The minimum atomic E-state index is 0.751. The van der Waals surface area contributed by atoms with E-state index in [4.69, 9.17) is 0 Å². The van der Waals surface area contributed by atoms with Gasteiger partial charge in [0.1, 0.15) is 0 Å².